The first-order chi connectivity index (χ1) is 15.1. The molecule has 0 saturated carbocycles. The molecule has 0 atom stereocenters. The Kier molecular flexibility index (Phi) is 4.99. The molecule has 5 rings (SSSR count). The molecule has 2 aromatic heterocycles. The van der Waals surface area contributed by atoms with Gasteiger partial charge >= 0.3 is 0 Å². The van der Waals surface area contributed by atoms with Crippen LogP contribution in [0.2, 0.25) is 0 Å². The normalized spacial score (nSPS) is 15.4. The number of piperidine rings is 1. The fraction of sp³-hybridized carbons (Fsp3) is 0.261. The van der Waals surface area contributed by atoms with Gasteiger partial charge in [-0.2, -0.15) is 10.2 Å². The van der Waals surface area contributed by atoms with Crippen LogP contribution in [0.3, 0.4) is 0 Å². The van der Waals surface area contributed by atoms with Gasteiger partial charge in [-0.15, -0.1) is 0 Å². The maximum absolute atomic E-state index is 13.4. The van der Waals surface area contributed by atoms with Crippen molar-refractivity contribution in [1.82, 2.24) is 24.9 Å². The van der Waals surface area contributed by atoms with Gasteiger partial charge in [0.2, 0.25) is 0 Å². The zero-order chi connectivity index (χ0) is 21.4. The topological polar surface area (TPSA) is 78.8 Å². The molecule has 158 valence electrons. The molecular formula is C23H23FN6O. The first kappa shape index (κ1) is 19.4. The second-order valence-electron chi connectivity index (χ2n) is 8.04. The van der Waals surface area contributed by atoms with Crippen molar-refractivity contribution in [2.24, 2.45) is 0 Å². The molecule has 4 aromatic rings. The number of carbonyl (C=O) groups excluding carboxylic acids is 1. The number of rotatable bonds is 4. The van der Waals surface area contributed by atoms with Crippen molar-refractivity contribution in [2.45, 2.75) is 18.9 Å². The van der Waals surface area contributed by atoms with Crippen molar-refractivity contribution < 1.29 is 9.18 Å². The van der Waals surface area contributed by atoms with Crippen molar-refractivity contribution in [1.29, 1.82) is 0 Å². The Morgan fingerprint density at radius 1 is 1.16 bits per heavy atom. The lowest BCUT2D eigenvalue weighted by Crippen LogP contribution is -2.31. The monoisotopic (exact) mass is 418 g/mol. The molecule has 1 saturated heterocycles. The summed E-state index contributed by atoms with van der Waals surface area (Å²) < 4.78 is 15.5. The lowest BCUT2D eigenvalue weighted by molar-refractivity contribution is 0.102. The number of amides is 1. The summed E-state index contributed by atoms with van der Waals surface area (Å²) in [6.45, 7) is 2.15. The molecule has 31 heavy (non-hydrogen) atoms. The standard InChI is InChI=1S/C23H23FN6O/c1-29-9-7-19(8-10-29)30-14-16(13-25-30)15-5-6-21-20(11-15)22(28-27-21)23(31)26-18-4-2-3-17(24)12-18/h2-6,11-14,19H,7-10H2,1H3,(H,26,31)(H,27,28). The van der Waals surface area contributed by atoms with Gasteiger partial charge in [-0.05, 0) is 68.9 Å². The zero-order valence-electron chi connectivity index (χ0n) is 17.2. The average Bonchev–Trinajstić information content (AvgIpc) is 3.41. The van der Waals surface area contributed by atoms with E-state index in [0.717, 1.165) is 42.6 Å². The van der Waals surface area contributed by atoms with Crippen LogP contribution in [-0.4, -0.2) is 50.9 Å². The maximum atomic E-state index is 13.4. The van der Waals surface area contributed by atoms with Gasteiger partial charge in [0, 0.05) is 22.8 Å². The van der Waals surface area contributed by atoms with Crippen molar-refractivity contribution >= 4 is 22.5 Å². The second-order valence-corrected chi connectivity index (χ2v) is 8.04. The van der Waals surface area contributed by atoms with E-state index in [2.05, 4.69) is 43.4 Å². The number of carbonyl (C=O) groups is 1. The first-order valence-corrected chi connectivity index (χ1v) is 10.3. The molecule has 7 nitrogen and oxygen atoms in total. The van der Waals surface area contributed by atoms with E-state index in [1.165, 1.54) is 12.1 Å². The third-order valence-electron chi connectivity index (χ3n) is 5.86. The maximum Gasteiger partial charge on any atom is 0.276 e. The number of anilines is 1. The van der Waals surface area contributed by atoms with E-state index in [0.29, 0.717) is 17.1 Å². The van der Waals surface area contributed by atoms with Gasteiger partial charge in [0.05, 0.1) is 17.8 Å². The van der Waals surface area contributed by atoms with Crippen LogP contribution in [0.15, 0.2) is 54.9 Å². The number of benzene rings is 2. The summed E-state index contributed by atoms with van der Waals surface area (Å²) in [5, 5.41) is 15.1. The second kappa shape index (κ2) is 7.96. The molecule has 0 aliphatic carbocycles. The van der Waals surface area contributed by atoms with Crippen molar-refractivity contribution in [3.8, 4) is 11.1 Å². The minimum atomic E-state index is -0.409. The quantitative estimate of drug-likeness (QED) is 0.523. The number of fused-ring (bicyclic) bond motifs is 1. The summed E-state index contributed by atoms with van der Waals surface area (Å²) in [7, 11) is 2.15. The van der Waals surface area contributed by atoms with E-state index < -0.39 is 11.7 Å². The van der Waals surface area contributed by atoms with E-state index in [-0.39, 0.29) is 5.69 Å². The summed E-state index contributed by atoms with van der Waals surface area (Å²) >= 11 is 0. The number of nitrogens with zero attached hydrogens (tertiary/aromatic N) is 4. The van der Waals surface area contributed by atoms with Crippen LogP contribution in [0.5, 0.6) is 0 Å². The molecule has 0 bridgehead atoms. The largest absolute Gasteiger partial charge is 0.320 e. The van der Waals surface area contributed by atoms with Crippen LogP contribution in [0.4, 0.5) is 10.1 Å². The number of nitrogens with one attached hydrogen (secondary N) is 2. The van der Waals surface area contributed by atoms with Crippen LogP contribution in [-0.2, 0) is 0 Å². The lowest BCUT2D eigenvalue weighted by Gasteiger charge is -2.28. The Morgan fingerprint density at radius 3 is 2.81 bits per heavy atom. The highest BCUT2D eigenvalue weighted by Crippen LogP contribution is 2.28. The number of likely N-dealkylation sites (tertiary alicyclic amines) is 1. The van der Waals surface area contributed by atoms with Crippen LogP contribution in [0, 0.1) is 5.82 Å². The summed E-state index contributed by atoms with van der Waals surface area (Å²) in [6.07, 6.45) is 6.11. The SMILES string of the molecule is CN1CCC(n2cc(-c3ccc4[nH]nc(C(=O)Nc5cccc(F)c5)c4c3)cn2)CC1. The Morgan fingerprint density at radius 2 is 2.00 bits per heavy atom. The minimum Gasteiger partial charge on any atom is -0.320 e. The molecule has 3 heterocycles. The molecule has 1 fully saturated rings. The third-order valence-corrected chi connectivity index (χ3v) is 5.86. The van der Waals surface area contributed by atoms with Crippen LogP contribution < -0.4 is 5.32 Å². The molecule has 1 amide bonds. The zero-order valence-corrected chi connectivity index (χ0v) is 17.2. The van der Waals surface area contributed by atoms with E-state index in [1.54, 1.807) is 12.1 Å². The van der Waals surface area contributed by atoms with Crippen molar-refractivity contribution in [3.63, 3.8) is 0 Å². The predicted molar refractivity (Wildman–Crippen MR) is 117 cm³/mol. The number of aromatic nitrogens is 4. The van der Waals surface area contributed by atoms with Crippen molar-refractivity contribution in [2.75, 3.05) is 25.5 Å². The molecular weight excluding hydrogens is 395 g/mol. The molecule has 1 aliphatic heterocycles. The van der Waals surface area contributed by atoms with Gasteiger partial charge in [-0.25, -0.2) is 4.39 Å². The summed E-state index contributed by atoms with van der Waals surface area (Å²) in [4.78, 5) is 15.1. The van der Waals surface area contributed by atoms with Crippen molar-refractivity contribution in [3.05, 3.63) is 66.4 Å². The number of hydrogen-bond acceptors (Lipinski definition) is 4. The molecule has 0 radical (unpaired) electrons. The lowest BCUT2D eigenvalue weighted by atomic mass is 10.0. The van der Waals surface area contributed by atoms with E-state index in [9.17, 15) is 9.18 Å². The highest BCUT2D eigenvalue weighted by atomic mass is 19.1. The average molecular weight is 418 g/mol. The predicted octanol–water partition coefficient (Wildman–Crippen LogP) is 4.08. The van der Waals surface area contributed by atoms with Gasteiger partial charge in [0.25, 0.3) is 5.91 Å². The van der Waals surface area contributed by atoms with E-state index >= 15 is 0 Å². The Labute approximate surface area is 178 Å². The van der Waals surface area contributed by atoms with Crippen LogP contribution in [0.25, 0.3) is 22.0 Å². The Bertz CT molecular complexity index is 1240. The summed E-state index contributed by atoms with van der Waals surface area (Å²) in [5.41, 5.74) is 3.38. The van der Waals surface area contributed by atoms with Gasteiger partial charge in [0.15, 0.2) is 5.69 Å². The fourth-order valence-electron chi connectivity index (χ4n) is 4.07. The fourth-order valence-corrected chi connectivity index (χ4v) is 4.07. The number of H-pyrrole nitrogens is 1. The highest BCUT2D eigenvalue weighted by molar-refractivity contribution is 6.11. The molecule has 2 aromatic carbocycles. The molecule has 0 spiro atoms. The molecule has 1 aliphatic rings. The van der Waals surface area contributed by atoms with E-state index in [4.69, 9.17) is 0 Å². The third kappa shape index (κ3) is 3.94. The first-order valence-electron chi connectivity index (χ1n) is 10.3. The summed E-state index contributed by atoms with van der Waals surface area (Å²) in [6, 6.07) is 12.0. The van der Waals surface area contributed by atoms with E-state index in [1.807, 2.05) is 24.4 Å². The smallest absolute Gasteiger partial charge is 0.276 e. The Balaban J connectivity index is 1.41. The minimum absolute atomic E-state index is 0.267. The van der Waals surface area contributed by atoms with Crippen LogP contribution in [0.1, 0.15) is 29.4 Å². The van der Waals surface area contributed by atoms with Gasteiger partial charge < -0.3 is 10.2 Å². The van der Waals surface area contributed by atoms with Gasteiger partial charge in [0.1, 0.15) is 5.82 Å². The van der Waals surface area contributed by atoms with Gasteiger partial charge in [-0.3, -0.25) is 14.6 Å². The van der Waals surface area contributed by atoms with Gasteiger partial charge in [-0.1, -0.05) is 12.1 Å². The van der Waals surface area contributed by atoms with Crippen LogP contribution >= 0.6 is 0 Å². The number of hydrogen-bond donors (Lipinski definition) is 2. The molecule has 0 unspecified atom stereocenters. The Hall–Kier alpha value is -3.52. The number of halogens is 1. The molecule has 2 N–H and O–H groups in total. The highest BCUT2D eigenvalue weighted by Gasteiger charge is 2.20. The number of aromatic amines is 1. The summed E-state index contributed by atoms with van der Waals surface area (Å²) in [5.74, 6) is -0.801. The molecule has 8 heteroatoms.